The molecule has 1 unspecified atom stereocenters. The van der Waals surface area contributed by atoms with Crippen LogP contribution in [0.15, 0.2) is 42.5 Å². The Morgan fingerprint density at radius 1 is 1.19 bits per heavy atom. The van der Waals surface area contributed by atoms with Gasteiger partial charge in [0.2, 0.25) is 0 Å². The van der Waals surface area contributed by atoms with E-state index in [9.17, 15) is 8.78 Å². The second-order valence-corrected chi connectivity index (χ2v) is 4.48. The van der Waals surface area contributed by atoms with Crippen LogP contribution in [-0.4, -0.2) is 6.61 Å². The summed E-state index contributed by atoms with van der Waals surface area (Å²) in [6.45, 7) is 1.83. The molecule has 0 saturated heterocycles. The van der Waals surface area contributed by atoms with Crippen LogP contribution in [0.4, 0.5) is 14.5 Å². The Labute approximate surface area is 121 Å². The molecule has 0 saturated carbocycles. The zero-order valence-electron chi connectivity index (χ0n) is 11.4. The van der Waals surface area contributed by atoms with Crippen molar-refractivity contribution in [1.82, 2.24) is 0 Å². The SMILES string of the molecule is CC(Nc1cccc(F)c1F)c1ccc(OCC#N)cc1. The highest BCUT2D eigenvalue weighted by atomic mass is 19.2. The second-order valence-electron chi connectivity index (χ2n) is 4.48. The van der Waals surface area contributed by atoms with E-state index in [-0.39, 0.29) is 18.3 Å². The highest BCUT2D eigenvalue weighted by Gasteiger charge is 2.11. The lowest BCUT2D eigenvalue weighted by Gasteiger charge is -2.16. The predicted octanol–water partition coefficient (Wildman–Crippen LogP) is 4.04. The largest absolute Gasteiger partial charge is 0.479 e. The van der Waals surface area contributed by atoms with Gasteiger partial charge < -0.3 is 10.1 Å². The van der Waals surface area contributed by atoms with Gasteiger partial charge in [-0.2, -0.15) is 5.26 Å². The van der Waals surface area contributed by atoms with Gasteiger partial charge in [0.05, 0.1) is 5.69 Å². The normalized spacial score (nSPS) is 11.5. The summed E-state index contributed by atoms with van der Waals surface area (Å²) in [4.78, 5) is 0. The number of ether oxygens (including phenoxy) is 1. The summed E-state index contributed by atoms with van der Waals surface area (Å²) in [5.41, 5.74) is 1.01. The Balaban J connectivity index is 2.08. The molecule has 0 radical (unpaired) electrons. The molecule has 0 heterocycles. The van der Waals surface area contributed by atoms with Crippen LogP contribution in [0.25, 0.3) is 0 Å². The number of nitrogens with zero attached hydrogens (tertiary/aromatic N) is 1. The van der Waals surface area contributed by atoms with Crippen molar-refractivity contribution in [3.63, 3.8) is 0 Å². The lowest BCUT2D eigenvalue weighted by Crippen LogP contribution is -2.08. The van der Waals surface area contributed by atoms with Gasteiger partial charge in [-0.05, 0) is 36.8 Å². The maximum atomic E-state index is 13.6. The predicted molar refractivity (Wildman–Crippen MR) is 75.9 cm³/mol. The standard InChI is InChI=1S/C16H14F2N2O/c1-11(20-15-4-2-3-14(17)16(15)18)12-5-7-13(8-6-12)21-10-9-19/h2-8,11,20H,10H2,1H3. The number of benzene rings is 2. The van der Waals surface area contributed by atoms with Crippen molar-refractivity contribution in [1.29, 1.82) is 5.26 Å². The average molecular weight is 288 g/mol. The van der Waals surface area contributed by atoms with Crippen LogP contribution >= 0.6 is 0 Å². The Morgan fingerprint density at radius 3 is 2.57 bits per heavy atom. The third-order valence-electron chi connectivity index (χ3n) is 3.01. The summed E-state index contributed by atoms with van der Waals surface area (Å²) in [7, 11) is 0. The molecule has 1 N–H and O–H groups in total. The van der Waals surface area contributed by atoms with Crippen molar-refractivity contribution in [2.75, 3.05) is 11.9 Å². The fourth-order valence-corrected chi connectivity index (χ4v) is 1.90. The van der Waals surface area contributed by atoms with E-state index in [0.29, 0.717) is 5.75 Å². The third kappa shape index (κ3) is 3.69. The van der Waals surface area contributed by atoms with Crippen LogP contribution in [0, 0.1) is 23.0 Å². The van der Waals surface area contributed by atoms with Gasteiger partial charge in [-0.25, -0.2) is 8.78 Å². The van der Waals surface area contributed by atoms with E-state index in [2.05, 4.69) is 5.32 Å². The third-order valence-corrected chi connectivity index (χ3v) is 3.01. The Bertz CT molecular complexity index is 650. The highest BCUT2D eigenvalue weighted by molar-refractivity contribution is 5.47. The van der Waals surface area contributed by atoms with Crippen molar-refractivity contribution < 1.29 is 13.5 Å². The van der Waals surface area contributed by atoms with Gasteiger partial charge in [-0.3, -0.25) is 0 Å². The first-order valence-corrected chi connectivity index (χ1v) is 6.42. The maximum Gasteiger partial charge on any atom is 0.181 e. The highest BCUT2D eigenvalue weighted by Crippen LogP contribution is 2.24. The molecule has 21 heavy (non-hydrogen) atoms. The molecular weight excluding hydrogens is 274 g/mol. The van der Waals surface area contributed by atoms with E-state index in [0.717, 1.165) is 11.6 Å². The first kappa shape index (κ1) is 14.8. The summed E-state index contributed by atoms with van der Waals surface area (Å²) in [6.07, 6.45) is 0. The number of nitriles is 1. The Hall–Kier alpha value is -2.61. The molecule has 0 aliphatic rings. The van der Waals surface area contributed by atoms with Crippen molar-refractivity contribution >= 4 is 5.69 Å². The monoisotopic (exact) mass is 288 g/mol. The molecule has 0 aliphatic carbocycles. The molecule has 0 spiro atoms. The molecule has 3 nitrogen and oxygen atoms in total. The van der Waals surface area contributed by atoms with Gasteiger partial charge in [0, 0.05) is 6.04 Å². The van der Waals surface area contributed by atoms with E-state index in [4.69, 9.17) is 10.00 Å². The molecule has 2 aromatic carbocycles. The summed E-state index contributed by atoms with van der Waals surface area (Å²) < 4.78 is 31.9. The molecule has 0 aromatic heterocycles. The number of hydrogen-bond acceptors (Lipinski definition) is 3. The topological polar surface area (TPSA) is 45.0 Å². The molecule has 0 amide bonds. The van der Waals surface area contributed by atoms with Crippen molar-refractivity contribution in [3.8, 4) is 11.8 Å². The number of halogens is 2. The van der Waals surface area contributed by atoms with Crippen molar-refractivity contribution in [3.05, 3.63) is 59.7 Å². The zero-order chi connectivity index (χ0) is 15.2. The van der Waals surface area contributed by atoms with Crippen LogP contribution in [0.1, 0.15) is 18.5 Å². The fourth-order valence-electron chi connectivity index (χ4n) is 1.90. The first-order chi connectivity index (χ1) is 10.1. The van der Waals surface area contributed by atoms with Gasteiger partial charge in [-0.1, -0.05) is 18.2 Å². The van der Waals surface area contributed by atoms with Crippen LogP contribution in [0.3, 0.4) is 0 Å². The average Bonchev–Trinajstić information content (AvgIpc) is 2.50. The fraction of sp³-hybridized carbons (Fsp3) is 0.188. The Morgan fingerprint density at radius 2 is 1.90 bits per heavy atom. The van der Waals surface area contributed by atoms with E-state index in [1.807, 2.05) is 25.1 Å². The van der Waals surface area contributed by atoms with Crippen molar-refractivity contribution in [2.24, 2.45) is 0 Å². The van der Waals surface area contributed by atoms with E-state index < -0.39 is 11.6 Å². The Kier molecular flexibility index (Phi) is 4.72. The molecule has 108 valence electrons. The van der Waals surface area contributed by atoms with Crippen LogP contribution in [0.2, 0.25) is 0 Å². The molecule has 2 rings (SSSR count). The van der Waals surface area contributed by atoms with E-state index in [1.54, 1.807) is 12.1 Å². The summed E-state index contributed by atoms with van der Waals surface area (Å²) in [6, 6.07) is 12.8. The molecule has 1 atom stereocenters. The molecular formula is C16H14F2N2O. The zero-order valence-corrected chi connectivity index (χ0v) is 11.4. The van der Waals surface area contributed by atoms with Crippen LogP contribution in [-0.2, 0) is 0 Å². The number of hydrogen-bond donors (Lipinski definition) is 1. The lowest BCUT2D eigenvalue weighted by atomic mass is 10.1. The molecule has 0 bridgehead atoms. The minimum Gasteiger partial charge on any atom is -0.479 e. The summed E-state index contributed by atoms with van der Waals surface area (Å²) >= 11 is 0. The molecule has 0 fully saturated rings. The minimum atomic E-state index is -0.890. The van der Waals surface area contributed by atoms with Gasteiger partial charge in [0.15, 0.2) is 18.2 Å². The quantitative estimate of drug-likeness (QED) is 0.903. The molecule has 0 aliphatic heterocycles. The van der Waals surface area contributed by atoms with E-state index in [1.165, 1.54) is 12.1 Å². The van der Waals surface area contributed by atoms with Gasteiger partial charge in [0.1, 0.15) is 11.8 Å². The van der Waals surface area contributed by atoms with Gasteiger partial charge in [-0.15, -0.1) is 0 Å². The maximum absolute atomic E-state index is 13.6. The summed E-state index contributed by atoms with van der Waals surface area (Å²) in [5, 5.41) is 11.4. The molecule has 2 aromatic rings. The van der Waals surface area contributed by atoms with Gasteiger partial charge in [0.25, 0.3) is 0 Å². The minimum absolute atomic E-state index is 0.0122. The lowest BCUT2D eigenvalue weighted by molar-refractivity contribution is 0.368. The van der Waals surface area contributed by atoms with Crippen LogP contribution < -0.4 is 10.1 Å². The molecule has 5 heteroatoms. The first-order valence-electron chi connectivity index (χ1n) is 6.42. The number of anilines is 1. The van der Waals surface area contributed by atoms with Gasteiger partial charge >= 0.3 is 0 Å². The second kappa shape index (κ2) is 6.71. The number of rotatable bonds is 5. The van der Waals surface area contributed by atoms with E-state index >= 15 is 0 Å². The number of nitrogens with one attached hydrogen (secondary N) is 1. The van der Waals surface area contributed by atoms with Crippen molar-refractivity contribution in [2.45, 2.75) is 13.0 Å². The van der Waals surface area contributed by atoms with Crippen LogP contribution in [0.5, 0.6) is 5.75 Å². The smallest absolute Gasteiger partial charge is 0.181 e. The summed E-state index contributed by atoms with van der Waals surface area (Å²) in [5.74, 6) is -1.18.